The molecule has 19 heavy (non-hydrogen) atoms. The lowest BCUT2D eigenvalue weighted by Gasteiger charge is -2.37. The molecule has 2 heteroatoms. The van der Waals surface area contributed by atoms with E-state index in [2.05, 4.69) is 66.5 Å². The Morgan fingerprint density at radius 2 is 1.89 bits per heavy atom. The third kappa shape index (κ3) is 2.65. The quantitative estimate of drug-likeness (QED) is 0.886. The molecule has 0 spiro atoms. The van der Waals surface area contributed by atoms with Gasteiger partial charge in [-0.15, -0.1) is 0 Å². The van der Waals surface area contributed by atoms with E-state index in [1.807, 2.05) is 0 Å². The number of piperazine rings is 1. The normalized spacial score (nSPS) is 24.7. The first-order chi connectivity index (χ1) is 9.24. The summed E-state index contributed by atoms with van der Waals surface area (Å²) in [4.78, 5) is 2.59. The Labute approximate surface area is 115 Å². The molecular formula is C17H22N2. The lowest BCUT2D eigenvalue weighted by Crippen LogP contribution is -2.53. The Balaban J connectivity index is 1.88. The summed E-state index contributed by atoms with van der Waals surface area (Å²) in [5, 5.41) is 6.28. The largest absolute Gasteiger partial charge is 0.311 e. The number of hydrogen-bond acceptors (Lipinski definition) is 2. The predicted octanol–water partition coefficient (Wildman–Crippen LogP) is 3.02. The van der Waals surface area contributed by atoms with Crippen LogP contribution in [0.1, 0.15) is 19.4 Å². The average Bonchev–Trinajstić information content (AvgIpc) is 2.43. The first kappa shape index (κ1) is 12.6. The Hall–Kier alpha value is -1.38. The molecule has 2 nitrogen and oxygen atoms in total. The lowest BCUT2D eigenvalue weighted by molar-refractivity contribution is 0.139. The van der Waals surface area contributed by atoms with Gasteiger partial charge in [0.25, 0.3) is 0 Å². The van der Waals surface area contributed by atoms with Crippen LogP contribution in [0.25, 0.3) is 10.8 Å². The van der Waals surface area contributed by atoms with Crippen molar-refractivity contribution in [3.63, 3.8) is 0 Å². The molecule has 2 atom stereocenters. The van der Waals surface area contributed by atoms with Crippen LogP contribution in [0.3, 0.4) is 0 Å². The van der Waals surface area contributed by atoms with Gasteiger partial charge in [0.05, 0.1) is 0 Å². The van der Waals surface area contributed by atoms with E-state index >= 15 is 0 Å². The first-order valence-electron chi connectivity index (χ1n) is 7.18. The molecule has 1 heterocycles. The van der Waals surface area contributed by atoms with E-state index in [9.17, 15) is 0 Å². The smallest absolute Gasteiger partial charge is 0.0243 e. The van der Waals surface area contributed by atoms with Gasteiger partial charge in [-0.25, -0.2) is 0 Å². The van der Waals surface area contributed by atoms with Crippen molar-refractivity contribution in [2.45, 2.75) is 32.5 Å². The first-order valence-corrected chi connectivity index (χ1v) is 7.18. The van der Waals surface area contributed by atoms with Crippen molar-refractivity contribution in [3.05, 3.63) is 48.0 Å². The van der Waals surface area contributed by atoms with Crippen LogP contribution in [0.2, 0.25) is 0 Å². The van der Waals surface area contributed by atoms with Crippen LogP contribution in [-0.2, 0) is 6.54 Å². The summed E-state index contributed by atoms with van der Waals surface area (Å²) >= 11 is 0. The second-order valence-electron chi connectivity index (χ2n) is 5.73. The minimum Gasteiger partial charge on any atom is -0.311 e. The van der Waals surface area contributed by atoms with Crippen LogP contribution in [0, 0.1) is 0 Å². The van der Waals surface area contributed by atoms with Gasteiger partial charge >= 0.3 is 0 Å². The van der Waals surface area contributed by atoms with Gasteiger partial charge in [0.1, 0.15) is 0 Å². The van der Waals surface area contributed by atoms with Gasteiger partial charge in [-0.3, -0.25) is 4.90 Å². The van der Waals surface area contributed by atoms with Gasteiger partial charge in [0.15, 0.2) is 0 Å². The third-order valence-corrected chi connectivity index (χ3v) is 4.15. The molecule has 1 aliphatic heterocycles. The second kappa shape index (κ2) is 5.32. The van der Waals surface area contributed by atoms with Crippen molar-refractivity contribution in [1.29, 1.82) is 0 Å². The Bertz CT molecular complexity index is 559. The number of nitrogens with one attached hydrogen (secondary N) is 1. The summed E-state index contributed by atoms with van der Waals surface area (Å²) in [5.41, 5.74) is 1.44. The molecule has 1 saturated heterocycles. The van der Waals surface area contributed by atoms with Gasteiger partial charge in [-0.2, -0.15) is 0 Å². The molecule has 3 rings (SSSR count). The molecular weight excluding hydrogens is 232 g/mol. The van der Waals surface area contributed by atoms with Crippen molar-refractivity contribution in [2.24, 2.45) is 0 Å². The Morgan fingerprint density at radius 1 is 1.11 bits per heavy atom. The Kier molecular flexibility index (Phi) is 3.54. The maximum Gasteiger partial charge on any atom is 0.0243 e. The topological polar surface area (TPSA) is 15.3 Å². The maximum absolute atomic E-state index is 3.54. The van der Waals surface area contributed by atoms with Crippen LogP contribution >= 0.6 is 0 Å². The average molecular weight is 254 g/mol. The highest BCUT2D eigenvalue weighted by Crippen LogP contribution is 2.21. The zero-order valence-electron chi connectivity index (χ0n) is 11.8. The van der Waals surface area contributed by atoms with E-state index in [1.54, 1.807) is 0 Å². The molecule has 1 N–H and O–H groups in total. The number of rotatable bonds is 2. The fourth-order valence-electron chi connectivity index (χ4n) is 2.97. The number of benzene rings is 2. The summed E-state index contributed by atoms with van der Waals surface area (Å²) in [6.07, 6.45) is 0. The molecule has 0 radical (unpaired) electrons. The highest BCUT2D eigenvalue weighted by Gasteiger charge is 2.22. The van der Waals surface area contributed by atoms with E-state index in [1.165, 1.54) is 16.3 Å². The summed E-state index contributed by atoms with van der Waals surface area (Å²) in [6, 6.07) is 16.5. The molecule has 0 bridgehead atoms. The van der Waals surface area contributed by atoms with E-state index in [0.29, 0.717) is 12.1 Å². The summed E-state index contributed by atoms with van der Waals surface area (Å²) in [6.45, 7) is 7.84. The molecule has 2 unspecified atom stereocenters. The van der Waals surface area contributed by atoms with Crippen molar-refractivity contribution < 1.29 is 0 Å². The van der Waals surface area contributed by atoms with Crippen molar-refractivity contribution >= 4 is 10.8 Å². The van der Waals surface area contributed by atoms with Gasteiger partial charge in [-0.1, -0.05) is 42.5 Å². The molecule has 1 aliphatic rings. The molecule has 0 aromatic heterocycles. The van der Waals surface area contributed by atoms with Crippen LogP contribution in [0.4, 0.5) is 0 Å². The third-order valence-electron chi connectivity index (χ3n) is 4.15. The number of nitrogens with zero attached hydrogens (tertiary/aromatic N) is 1. The molecule has 0 amide bonds. The fraction of sp³-hybridized carbons (Fsp3) is 0.412. The number of fused-ring (bicyclic) bond motifs is 1. The van der Waals surface area contributed by atoms with Crippen molar-refractivity contribution in [1.82, 2.24) is 10.2 Å². The van der Waals surface area contributed by atoms with E-state index in [-0.39, 0.29) is 0 Å². The lowest BCUT2D eigenvalue weighted by atomic mass is 10.0. The molecule has 100 valence electrons. The van der Waals surface area contributed by atoms with Crippen LogP contribution in [0.15, 0.2) is 42.5 Å². The van der Waals surface area contributed by atoms with Gasteiger partial charge in [0, 0.05) is 31.7 Å². The zero-order chi connectivity index (χ0) is 13.2. The summed E-state index contributed by atoms with van der Waals surface area (Å²) < 4.78 is 0. The Morgan fingerprint density at radius 3 is 2.79 bits per heavy atom. The van der Waals surface area contributed by atoms with Gasteiger partial charge in [-0.05, 0) is 30.2 Å². The monoisotopic (exact) mass is 254 g/mol. The summed E-state index contributed by atoms with van der Waals surface area (Å²) in [5.74, 6) is 0. The predicted molar refractivity (Wildman–Crippen MR) is 81.3 cm³/mol. The standard InChI is InChI=1S/C17H22N2/c1-13-11-19(14(2)10-18-13)12-16-8-5-7-15-6-3-4-9-17(15)16/h3-9,13-14,18H,10-12H2,1-2H3. The highest BCUT2D eigenvalue weighted by atomic mass is 15.2. The maximum atomic E-state index is 3.54. The zero-order valence-corrected chi connectivity index (χ0v) is 11.8. The molecule has 1 fully saturated rings. The van der Waals surface area contributed by atoms with E-state index in [4.69, 9.17) is 0 Å². The van der Waals surface area contributed by atoms with Crippen molar-refractivity contribution in [2.75, 3.05) is 13.1 Å². The van der Waals surface area contributed by atoms with E-state index in [0.717, 1.165) is 19.6 Å². The number of hydrogen-bond donors (Lipinski definition) is 1. The summed E-state index contributed by atoms with van der Waals surface area (Å²) in [7, 11) is 0. The molecule has 0 saturated carbocycles. The van der Waals surface area contributed by atoms with Crippen LogP contribution in [0.5, 0.6) is 0 Å². The van der Waals surface area contributed by atoms with E-state index < -0.39 is 0 Å². The molecule has 0 aliphatic carbocycles. The molecule has 2 aromatic rings. The minimum absolute atomic E-state index is 0.589. The highest BCUT2D eigenvalue weighted by molar-refractivity contribution is 5.85. The van der Waals surface area contributed by atoms with Crippen LogP contribution in [-0.4, -0.2) is 30.1 Å². The van der Waals surface area contributed by atoms with Crippen molar-refractivity contribution in [3.8, 4) is 0 Å². The van der Waals surface area contributed by atoms with Gasteiger partial charge in [0.2, 0.25) is 0 Å². The second-order valence-corrected chi connectivity index (χ2v) is 5.73. The SMILES string of the molecule is CC1CN(Cc2cccc3ccccc23)C(C)CN1. The molecule has 2 aromatic carbocycles. The van der Waals surface area contributed by atoms with Crippen LogP contribution < -0.4 is 5.32 Å². The fourth-order valence-corrected chi connectivity index (χ4v) is 2.97. The minimum atomic E-state index is 0.589. The van der Waals surface area contributed by atoms with Gasteiger partial charge < -0.3 is 5.32 Å².